The Morgan fingerprint density at radius 1 is 1.00 bits per heavy atom. The van der Waals surface area contributed by atoms with Crippen LogP contribution in [0.1, 0.15) is 18.2 Å². The van der Waals surface area contributed by atoms with Gasteiger partial charge in [0.15, 0.2) is 0 Å². The Balaban J connectivity index is 1.31. The molecule has 4 heterocycles. The van der Waals surface area contributed by atoms with Gasteiger partial charge in [0.05, 0.1) is 24.0 Å². The van der Waals surface area contributed by atoms with Crippen molar-refractivity contribution in [3.8, 4) is 11.3 Å². The van der Waals surface area contributed by atoms with Gasteiger partial charge in [0.1, 0.15) is 5.82 Å². The quantitative estimate of drug-likeness (QED) is 0.453. The van der Waals surface area contributed by atoms with Crippen LogP contribution in [-0.2, 0) is 11.2 Å². The van der Waals surface area contributed by atoms with Crippen molar-refractivity contribution < 1.29 is 4.79 Å². The van der Waals surface area contributed by atoms with Crippen molar-refractivity contribution in [2.45, 2.75) is 20.3 Å². The van der Waals surface area contributed by atoms with Gasteiger partial charge >= 0.3 is 0 Å². The van der Waals surface area contributed by atoms with Gasteiger partial charge in [-0.25, -0.2) is 15.4 Å². The molecule has 0 aromatic carbocycles. The van der Waals surface area contributed by atoms with Gasteiger partial charge in [0.2, 0.25) is 5.91 Å². The maximum atomic E-state index is 12.6. The Bertz CT molecular complexity index is 1060. The summed E-state index contributed by atoms with van der Waals surface area (Å²) in [7, 11) is 0. The predicted octanol–water partition coefficient (Wildman–Crippen LogP) is 2.18. The normalized spacial score (nSPS) is 14.3. The lowest BCUT2D eigenvalue weighted by Crippen LogP contribution is -2.56. The van der Waals surface area contributed by atoms with Crippen molar-refractivity contribution in [2.75, 3.05) is 42.9 Å². The molecular formula is C24H30N8O. The fourth-order valence-corrected chi connectivity index (χ4v) is 3.73. The summed E-state index contributed by atoms with van der Waals surface area (Å²) in [5.41, 5.74) is 11.0. The highest BCUT2D eigenvalue weighted by atomic mass is 16.1. The van der Waals surface area contributed by atoms with E-state index in [0.29, 0.717) is 5.82 Å². The van der Waals surface area contributed by atoms with Gasteiger partial charge in [0.25, 0.3) is 0 Å². The Morgan fingerprint density at radius 2 is 1.82 bits per heavy atom. The highest BCUT2D eigenvalue weighted by molar-refractivity contribution is 5.91. The van der Waals surface area contributed by atoms with E-state index in [1.54, 1.807) is 12.4 Å². The molecule has 1 fully saturated rings. The number of pyridine rings is 3. The zero-order valence-corrected chi connectivity index (χ0v) is 19.1. The number of hydrogen-bond acceptors (Lipinski definition) is 8. The summed E-state index contributed by atoms with van der Waals surface area (Å²) in [4.78, 5) is 28.0. The monoisotopic (exact) mass is 446 g/mol. The smallest absolute Gasteiger partial charge is 0.229 e. The maximum Gasteiger partial charge on any atom is 0.229 e. The first-order valence-electron chi connectivity index (χ1n) is 11.2. The van der Waals surface area contributed by atoms with E-state index in [-0.39, 0.29) is 12.3 Å². The molecule has 1 aliphatic heterocycles. The first kappa shape index (κ1) is 22.8. The van der Waals surface area contributed by atoms with Crippen molar-refractivity contribution in [3.63, 3.8) is 0 Å². The molecule has 3 N–H and O–H groups in total. The number of amides is 1. The number of aryl methyl sites for hydroxylation is 1. The molecule has 0 saturated carbocycles. The number of nitrogens with zero attached hydrogens (tertiary/aromatic N) is 5. The second kappa shape index (κ2) is 11.0. The Morgan fingerprint density at radius 3 is 2.55 bits per heavy atom. The molecule has 172 valence electrons. The minimum Gasteiger partial charge on any atom is -0.368 e. The number of rotatable bonds is 8. The number of anilines is 2. The van der Waals surface area contributed by atoms with Gasteiger partial charge in [-0.3, -0.25) is 14.8 Å². The molecule has 0 atom stereocenters. The topological polar surface area (TPSA) is 98.3 Å². The molecule has 0 radical (unpaired) electrons. The molecule has 0 aliphatic carbocycles. The Kier molecular flexibility index (Phi) is 7.56. The highest BCUT2D eigenvalue weighted by Crippen LogP contribution is 2.19. The number of carbonyl (C=O) groups is 1. The third-order valence-corrected chi connectivity index (χ3v) is 5.46. The number of carbonyl (C=O) groups excluding carboxylic acids is 1. The van der Waals surface area contributed by atoms with Gasteiger partial charge in [-0.1, -0.05) is 6.92 Å². The number of hydrazine groups is 2. The second-order valence-corrected chi connectivity index (χ2v) is 7.98. The Labute approximate surface area is 194 Å². The van der Waals surface area contributed by atoms with Crippen LogP contribution in [0.4, 0.5) is 11.5 Å². The fourth-order valence-electron chi connectivity index (χ4n) is 3.73. The second-order valence-electron chi connectivity index (χ2n) is 7.98. The van der Waals surface area contributed by atoms with E-state index in [2.05, 4.69) is 48.1 Å². The molecule has 4 rings (SSSR count). The zero-order chi connectivity index (χ0) is 23.0. The average molecular weight is 447 g/mol. The SMILES string of the molecule is CCNNN1CCN(c2ccc(NC(=O)Cc3ccnc(-c4ccnc(C)c4)c3)nc2)CC1. The number of hydrogen-bond donors (Lipinski definition) is 3. The summed E-state index contributed by atoms with van der Waals surface area (Å²) in [6.45, 7) is 8.54. The van der Waals surface area contributed by atoms with Gasteiger partial charge in [0, 0.05) is 56.4 Å². The highest BCUT2D eigenvalue weighted by Gasteiger charge is 2.17. The van der Waals surface area contributed by atoms with E-state index in [1.807, 2.05) is 49.5 Å². The third-order valence-electron chi connectivity index (χ3n) is 5.46. The molecule has 3 aromatic heterocycles. The van der Waals surface area contributed by atoms with Gasteiger partial charge in [-0.2, -0.15) is 5.53 Å². The van der Waals surface area contributed by atoms with Crippen LogP contribution in [0.15, 0.2) is 55.0 Å². The van der Waals surface area contributed by atoms with E-state index >= 15 is 0 Å². The molecule has 1 saturated heterocycles. The molecule has 3 aromatic rings. The lowest BCUT2D eigenvalue weighted by atomic mass is 10.1. The standard InChI is InChI=1S/C24H30N8O/c1-3-28-30-32-12-10-31(11-13-32)21-4-5-23(27-17-21)29-24(33)16-19-6-8-26-22(15-19)20-7-9-25-18(2)14-20/h4-9,14-15,17,28,30H,3,10-13,16H2,1-2H3,(H,27,29,33). The van der Waals surface area contributed by atoms with Crippen LogP contribution >= 0.6 is 0 Å². The Hall–Kier alpha value is -3.40. The van der Waals surface area contributed by atoms with Crippen molar-refractivity contribution in [1.82, 2.24) is 30.9 Å². The van der Waals surface area contributed by atoms with E-state index in [0.717, 1.165) is 60.9 Å². The fraction of sp³-hybridized carbons (Fsp3) is 0.333. The largest absolute Gasteiger partial charge is 0.368 e. The number of nitrogens with one attached hydrogen (secondary N) is 3. The van der Waals surface area contributed by atoms with Crippen LogP contribution < -0.4 is 21.2 Å². The van der Waals surface area contributed by atoms with E-state index in [4.69, 9.17) is 0 Å². The number of aromatic nitrogens is 3. The molecule has 1 amide bonds. The van der Waals surface area contributed by atoms with Gasteiger partial charge in [-0.05, 0) is 48.9 Å². The molecular weight excluding hydrogens is 416 g/mol. The van der Waals surface area contributed by atoms with E-state index in [9.17, 15) is 4.79 Å². The molecule has 0 unspecified atom stereocenters. The van der Waals surface area contributed by atoms with Gasteiger partial charge in [-0.15, -0.1) is 0 Å². The van der Waals surface area contributed by atoms with Crippen molar-refractivity contribution in [3.05, 3.63) is 66.2 Å². The van der Waals surface area contributed by atoms with Crippen LogP contribution in [0.5, 0.6) is 0 Å². The van der Waals surface area contributed by atoms with E-state index < -0.39 is 0 Å². The molecule has 0 spiro atoms. The number of piperazine rings is 1. The summed E-state index contributed by atoms with van der Waals surface area (Å²) in [5, 5.41) is 5.06. The minimum absolute atomic E-state index is 0.110. The summed E-state index contributed by atoms with van der Waals surface area (Å²) in [6.07, 6.45) is 5.57. The lowest BCUT2D eigenvalue weighted by Gasteiger charge is -2.35. The van der Waals surface area contributed by atoms with Crippen molar-refractivity contribution >= 4 is 17.4 Å². The first-order chi connectivity index (χ1) is 16.1. The van der Waals surface area contributed by atoms with Crippen LogP contribution in [0, 0.1) is 6.92 Å². The van der Waals surface area contributed by atoms with Crippen LogP contribution in [0.25, 0.3) is 11.3 Å². The molecule has 33 heavy (non-hydrogen) atoms. The molecule has 1 aliphatic rings. The van der Waals surface area contributed by atoms with Crippen LogP contribution in [0.3, 0.4) is 0 Å². The summed E-state index contributed by atoms with van der Waals surface area (Å²) in [6, 6.07) is 11.6. The summed E-state index contributed by atoms with van der Waals surface area (Å²) >= 11 is 0. The zero-order valence-electron chi connectivity index (χ0n) is 19.1. The van der Waals surface area contributed by atoms with Crippen molar-refractivity contribution in [2.24, 2.45) is 0 Å². The first-order valence-corrected chi connectivity index (χ1v) is 11.2. The van der Waals surface area contributed by atoms with Gasteiger partial charge < -0.3 is 10.2 Å². The molecule has 9 nitrogen and oxygen atoms in total. The summed E-state index contributed by atoms with van der Waals surface area (Å²) in [5.74, 6) is 0.441. The maximum absolute atomic E-state index is 12.6. The van der Waals surface area contributed by atoms with E-state index in [1.165, 1.54) is 0 Å². The average Bonchev–Trinajstić information content (AvgIpc) is 2.84. The molecule has 0 bridgehead atoms. The minimum atomic E-state index is -0.110. The molecule has 9 heteroatoms. The van der Waals surface area contributed by atoms with Crippen molar-refractivity contribution in [1.29, 1.82) is 0 Å². The van der Waals surface area contributed by atoms with Crippen LogP contribution in [0.2, 0.25) is 0 Å². The summed E-state index contributed by atoms with van der Waals surface area (Å²) < 4.78 is 0. The lowest BCUT2D eigenvalue weighted by molar-refractivity contribution is -0.115. The predicted molar refractivity (Wildman–Crippen MR) is 129 cm³/mol. The van der Waals surface area contributed by atoms with Crippen LogP contribution in [-0.4, -0.2) is 58.6 Å². The third kappa shape index (κ3) is 6.32.